The molecule has 0 aliphatic rings. The van der Waals surface area contributed by atoms with Crippen LogP contribution in [0.4, 0.5) is 0 Å². The van der Waals surface area contributed by atoms with Crippen LogP contribution in [0.1, 0.15) is 19.8 Å². The minimum absolute atomic E-state index is 0.0407. The van der Waals surface area contributed by atoms with Gasteiger partial charge in [-0.15, -0.1) is 5.10 Å². The second kappa shape index (κ2) is 6.07. The van der Waals surface area contributed by atoms with Crippen LogP contribution in [0.2, 0.25) is 0 Å². The van der Waals surface area contributed by atoms with Crippen molar-refractivity contribution in [2.45, 2.75) is 32.4 Å². The van der Waals surface area contributed by atoms with Crippen LogP contribution in [-0.2, 0) is 11.3 Å². The highest BCUT2D eigenvalue weighted by atomic mass is 16.2. The first-order valence-electron chi connectivity index (χ1n) is 4.96. The molecule has 0 saturated heterocycles. The number of aromatic nitrogens is 4. The Hall–Kier alpha value is -1.50. The van der Waals surface area contributed by atoms with Crippen molar-refractivity contribution >= 4 is 5.91 Å². The van der Waals surface area contributed by atoms with Crippen LogP contribution in [0.25, 0.3) is 0 Å². The first-order valence-corrected chi connectivity index (χ1v) is 4.96. The summed E-state index contributed by atoms with van der Waals surface area (Å²) in [6, 6.07) is 0.0407. The molecule has 0 bridgehead atoms. The van der Waals surface area contributed by atoms with E-state index in [1.807, 2.05) is 0 Å². The Morgan fingerprint density at radius 2 is 2.47 bits per heavy atom. The Morgan fingerprint density at radius 1 is 1.67 bits per heavy atom. The SMILES string of the molecule is CCCC(CN)NC(=O)Cn1cnnn1. The van der Waals surface area contributed by atoms with Crippen LogP contribution in [-0.4, -0.2) is 38.7 Å². The third-order valence-electron chi connectivity index (χ3n) is 1.98. The largest absolute Gasteiger partial charge is 0.350 e. The third-order valence-corrected chi connectivity index (χ3v) is 1.98. The normalized spacial score (nSPS) is 12.4. The lowest BCUT2D eigenvalue weighted by Gasteiger charge is -2.15. The van der Waals surface area contributed by atoms with Gasteiger partial charge in [-0.3, -0.25) is 4.79 Å². The van der Waals surface area contributed by atoms with Crippen LogP contribution in [0.3, 0.4) is 0 Å². The Bertz CT molecular complexity index is 285. The molecule has 0 aliphatic heterocycles. The zero-order chi connectivity index (χ0) is 11.1. The van der Waals surface area contributed by atoms with Crippen LogP contribution in [0.5, 0.6) is 0 Å². The minimum Gasteiger partial charge on any atom is -0.350 e. The molecule has 7 heteroatoms. The summed E-state index contributed by atoms with van der Waals surface area (Å²) >= 11 is 0. The third kappa shape index (κ3) is 4.03. The zero-order valence-electron chi connectivity index (χ0n) is 8.76. The number of nitrogens with one attached hydrogen (secondary N) is 1. The van der Waals surface area contributed by atoms with Gasteiger partial charge in [0.05, 0.1) is 0 Å². The van der Waals surface area contributed by atoms with E-state index in [1.165, 1.54) is 11.0 Å². The lowest BCUT2D eigenvalue weighted by molar-refractivity contribution is -0.122. The maximum atomic E-state index is 11.5. The maximum Gasteiger partial charge on any atom is 0.242 e. The van der Waals surface area contributed by atoms with Crippen LogP contribution < -0.4 is 11.1 Å². The monoisotopic (exact) mass is 212 g/mol. The number of carbonyl (C=O) groups excluding carboxylic acids is 1. The molecule has 1 heterocycles. The van der Waals surface area contributed by atoms with Gasteiger partial charge in [0.1, 0.15) is 12.9 Å². The standard InChI is InChI=1S/C8H16N6O/c1-2-3-7(4-9)11-8(15)5-14-6-10-12-13-14/h6-7H,2-5,9H2,1H3,(H,11,15). The number of nitrogens with zero attached hydrogens (tertiary/aromatic N) is 4. The molecule has 0 saturated carbocycles. The zero-order valence-corrected chi connectivity index (χ0v) is 8.76. The highest BCUT2D eigenvalue weighted by Gasteiger charge is 2.10. The summed E-state index contributed by atoms with van der Waals surface area (Å²) in [5.41, 5.74) is 5.52. The van der Waals surface area contributed by atoms with E-state index >= 15 is 0 Å². The van der Waals surface area contributed by atoms with Gasteiger partial charge in [0.15, 0.2) is 0 Å². The van der Waals surface area contributed by atoms with E-state index in [-0.39, 0.29) is 18.5 Å². The van der Waals surface area contributed by atoms with E-state index in [4.69, 9.17) is 5.73 Å². The fourth-order valence-corrected chi connectivity index (χ4v) is 1.27. The molecule has 7 nitrogen and oxygen atoms in total. The van der Waals surface area contributed by atoms with E-state index < -0.39 is 0 Å². The van der Waals surface area contributed by atoms with Crippen molar-refractivity contribution in [1.29, 1.82) is 0 Å². The predicted molar refractivity (Wildman–Crippen MR) is 53.7 cm³/mol. The Kier molecular flexibility index (Phi) is 4.69. The van der Waals surface area contributed by atoms with Crippen molar-refractivity contribution in [2.24, 2.45) is 5.73 Å². The number of hydrogen-bond acceptors (Lipinski definition) is 5. The number of nitrogens with two attached hydrogens (primary N) is 1. The molecule has 1 amide bonds. The smallest absolute Gasteiger partial charge is 0.242 e. The Balaban J connectivity index is 2.34. The van der Waals surface area contributed by atoms with Gasteiger partial charge >= 0.3 is 0 Å². The van der Waals surface area contributed by atoms with Gasteiger partial charge in [-0.05, 0) is 16.8 Å². The van der Waals surface area contributed by atoms with E-state index in [2.05, 4.69) is 27.8 Å². The quantitative estimate of drug-likeness (QED) is 0.624. The van der Waals surface area contributed by atoms with Gasteiger partial charge in [-0.2, -0.15) is 0 Å². The summed E-state index contributed by atoms with van der Waals surface area (Å²) in [5.74, 6) is -0.119. The van der Waals surface area contributed by atoms with Crippen LogP contribution in [0, 0.1) is 0 Å². The highest BCUT2D eigenvalue weighted by molar-refractivity contribution is 5.75. The van der Waals surface area contributed by atoms with E-state index in [0.717, 1.165) is 12.8 Å². The molecule has 1 atom stereocenters. The van der Waals surface area contributed by atoms with Gasteiger partial charge in [0.25, 0.3) is 0 Å². The lowest BCUT2D eigenvalue weighted by Crippen LogP contribution is -2.41. The summed E-state index contributed by atoms with van der Waals surface area (Å²) in [6.07, 6.45) is 3.28. The molecule has 84 valence electrons. The fourth-order valence-electron chi connectivity index (χ4n) is 1.27. The summed E-state index contributed by atoms with van der Waals surface area (Å²) < 4.78 is 1.37. The number of rotatable bonds is 6. The Labute approximate surface area is 88.0 Å². The molecule has 3 N–H and O–H groups in total. The number of tetrazole rings is 1. The summed E-state index contributed by atoms with van der Waals surface area (Å²) in [6.45, 7) is 2.64. The second-order valence-electron chi connectivity index (χ2n) is 3.30. The van der Waals surface area contributed by atoms with Gasteiger partial charge in [0.2, 0.25) is 5.91 Å². The first-order chi connectivity index (χ1) is 7.26. The summed E-state index contributed by atoms with van der Waals surface area (Å²) in [5, 5.41) is 13.3. The number of amides is 1. The van der Waals surface area contributed by atoms with E-state index in [9.17, 15) is 4.79 Å². The second-order valence-corrected chi connectivity index (χ2v) is 3.30. The van der Waals surface area contributed by atoms with Crippen molar-refractivity contribution in [2.75, 3.05) is 6.54 Å². The fraction of sp³-hybridized carbons (Fsp3) is 0.750. The van der Waals surface area contributed by atoms with Crippen molar-refractivity contribution in [1.82, 2.24) is 25.5 Å². The Morgan fingerprint density at radius 3 is 3.00 bits per heavy atom. The van der Waals surface area contributed by atoms with Crippen molar-refractivity contribution < 1.29 is 4.79 Å². The predicted octanol–water partition coefficient (Wildman–Crippen LogP) is -1.08. The first kappa shape index (κ1) is 11.6. The molecule has 1 rings (SSSR count). The molecule has 0 fully saturated rings. The van der Waals surface area contributed by atoms with Gasteiger partial charge in [-0.1, -0.05) is 13.3 Å². The molecular formula is C8H16N6O. The molecule has 0 radical (unpaired) electrons. The maximum absolute atomic E-state index is 11.5. The van der Waals surface area contributed by atoms with Crippen LogP contribution >= 0.6 is 0 Å². The molecule has 1 unspecified atom stereocenters. The van der Waals surface area contributed by atoms with E-state index in [1.54, 1.807) is 0 Å². The van der Waals surface area contributed by atoms with Crippen molar-refractivity contribution in [3.8, 4) is 0 Å². The van der Waals surface area contributed by atoms with Gasteiger partial charge in [-0.25, -0.2) is 4.68 Å². The van der Waals surface area contributed by atoms with Gasteiger partial charge < -0.3 is 11.1 Å². The summed E-state index contributed by atoms with van der Waals surface area (Å²) in [7, 11) is 0. The van der Waals surface area contributed by atoms with Crippen LogP contribution in [0.15, 0.2) is 6.33 Å². The number of carbonyl (C=O) groups is 1. The van der Waals surface area contributed by atoms with Crippen molar-refractivity contribution in [3.05, 3.63) is 6.33 Å². The van der Waals surface area contributed by atoms with Crippen molar-refractivity contribution in [3.63, 3.8) is 0 Å². The molecule has 0 spiro atoms. The topological polar surface area (TPSA) is 98.7 Å². The molecule has 0 aliphatic carbocycles. The molecule has 1 aromatic rings. The lowest BCUT2D eigenvalue weighted by atomic mass is 10.1. The molecule has 0 aromatic carbocycles. The minimum atomic E-state index is -0.119. The molecule has 1 aromatic heterocycles. The summed E-state index contributed by atoms with van der Waals surface area (Å²) in [4.78, 5) is 11.5. The molecule has 15 heavy (non-hydrogen) atoms. The van der Waals surface area contributed by atoms with E-state index in [0.29, 0.717) is 6.54 Å². The average molecular weight is 212 g/mol. The highest BCUT2D eigenvalue weighted by Crippen LogP contribution is 1.94. The number of hydrogen-bond donors (Lipinski definition) is 2. The van der Waals surface area contributed by atoms with Gasteiger partial charge in [0, 0.05) is 12.6 Å². The average Bonchev–Trinajstić information content (AvgIpc) is 2.69. The molecular weight excluding hydrogens is 196 g/mol.